The van der Waals surface area contributed by atoms with E-state index in [1.54, 1.807) is 0 Å². The Balaban J connectivity index is 1.99. The molecule has 0 aliphatic carbocycles. The summed E-state index contributed by atoms with van der Waals surface area (Å²) in [6.45, 7) is -0.535. The fourth-order valence-corrected chi connectivity index (χ4v) is 8.21. The molecule has 0 saturated heterocycles. The van der Waals surface area contributed by atoms with Crippen molar-refractivity contribution in [2.24, 2.45) is 0 Å². The van der Waals surface area contributed by atoms with E-state index < -0.39 is 55.1 Å². The first-order valence-electron chi connectivity index (χ1n) is 11.9. The third-order valence-electron chi connectivity index (χ3n) is 6.49. The summed E-state index contributed by atoms with van der Waals surface area (Å²) in [6.07, 6.45) is -14.2. The van der Waals surface area contributed by atoms with Crippen LogP contribution in [-0.2, 0) is 29.6 Å². The van der Waals surface area contributed by atoms with Crippen LogP contribution in [-0.4, -0.2) is 13.2 Å². The van der Waals surface area contributed by atoms with E-state index in [0.717, 1.165) is 72.8 Å². The highest BCUT2D eigenvalue weighted by atomic mass is 28.4. The van der Waals surface area contributed by atoms with Crippen molar-refractivity contribution in [1.82, 2.24) is 0 Å². The van der Waals surface area contributed by atoms with Gasteiger partial charge in [0.25, 0.3) is 14.0 Å². The van der Waals surface area contributed by atoms with Crippen LogP contribution in [0.15, 0.2) is 97.1 Å². The summed E-state index contributed by atoms with van der Waals surface area (Å²) < 4.78 is 127. The highest BCUT2D eigenvalue weighted by Crippen LogP contribution is 2.32. The normalized spacial score (nSPS) is 12.8. The van der Waals surface area contributed by atoms with E-state index >= 15 is 0 Å². The Morgan fingerprint density at radius 3 is 1.21 bits per heavy atom. The van der Waals surface area contributed by atoms with Crippen LogP contribution in [0, 0.1) is 10.1 Å². The summed E-state index contributed by atoms with van der Waals surface area (Å²) in [4.78, 5) is 10.9. The molecule has 220 valence electrons. The molecule has 4 aromatic carbocycles. The average molecular weight is 616 g/mol. The highest BCUT2D eigenvalue weighted by Gasteiger charge is 2.44. The fourth-order valence-electron chi connectivity index (χ4n) is 4.43. The standard InChI is InChI=1S/C28H18F9NO3Si/c29-26(30,31)19-5-11-22(12-6-19)42(23-13-7-20(8-14-23)27(32,33)34,24-15-9-21(10-16-24)28(35,36)37)41-17-18-3-1-2-4-25(18)38(39)40/h1-16H,17H2. The van der Waals surface area contributed by atoms with Gasteiger partial charge < -0.3 is 4.43 Å². The van der Waals surface area contributed by atoms with E-state index in [1.165, 1.54) is 24.3 Å². The molecule has 0 atom stereocenters. The maximum Gasteiger partial charge on any atom is 0.416 e. The second kappa shape index (κ2) is 11.2. The molecule has 14 heteroatoms. The number of nitrogens with zero attached hydrogens (tertiary/aromatic N) is 1. The molecule has 0 bridgehead atoms. The predicted octanol–water partition coefficient (Wildman–Crippen LogP) is 6.83. The molecule has 0 aliphatic rings. The van der Waals surface area contributed by atoms with E-state index in [4.69, 9.17) is 4.43 Å². The van der Waals surface area contributed by atoms with Crippen LogP contribution in [0.1, 0.15) is 22.3 Å². The average Bonchev–Trinajstić information content (AvgIpc) is 2.93. The molecule has 0 N–H and O–H groups in total. The van der Waals surface area contributed by atoms with Gasteiger partial charge in [0.05, 0.1) is 33.8 Å². The first-order valence-corrected chi connectivity index (χ1v) is 13.8. The molecule has 0 aliphatic heterocycles. The summed E-state index contributed by atoms with van der Waals surface area (Å²) in [5, 5.41) is 11.7. The molecular weight excluding hydrogens is 597 g/mol. The lowest BCUT2D eigenvalue weighted by atomic mass is 10.2. The number of halogens is 9. The van der Waals surface area contributed by atoms with Crippen molar-refractivity contribution in [3.63, 3.8) is 0 Å². The maximum atomic E-state index is 13.4. The number of hydrogen-bond donors (Lipinski definition) is 0. The Hall–Kier alpha value is -4.17. The molecule has 0 amide bonds. The van der Waals surface area contributed by atoms with Crippen LogP contribution < -0.4 is 15.6 Å². The molecule has 0 unspecified atom stereocenters. The van der Waals surface area contributed by atoms with Crippen LogP contribution >= 0.6 is 0 Å². The number of nitro benzene ring substituents is 1. The van der Waals surface area contributed by atoms with E-state index in [9.17, 15) is 49.6 Å². The van der Waals surface area contributed by atoms with E-state index in [-0.39, 0.29) is 26.8 Å². The molecule has 0 fully saturated rings. The van der Waals surface area contributed by atoms with Crippen LogP contribution in [0.5, 0.6) is 0 Å². The summed E-state index contributed by atoms with van der Waals surface area (Å²) in [5.41, 5.74) is -3.48. The van der Waals surface area contributed by atoms with E-state index in [0.29, 0.717) is 0 Å². The van der Waals surface area contributed by atoms with Gasteiger partial charge in [-0.05, 0) is 21.6 Å². The zero-order valence-corrected chi connectivity index (χ0v) is 22.0. The van der Waals surface area contributed by atoms with Crippen molar-refractivity contribution in [2.45, 2.75) is 25.1 Å². The quantitative estimate of drug-likeness (QED) is 0.0753. The highest BCUT2D eigenvalue weighted by molar-refractivity contribution is 7.07. The second-order valence-corrected chi connectivity index (χ2v) is 12.5. The number of rotatable bonds is 7. The third kappa shape index (κ3) is 6.33. The summed E-state index contributed by atoms with van der Waals surface area (Å²) >= 11 is 0. The number of para-hydroxylation sites is 1. The van der Waals surface area contributed by atoms with Gasteiger partial charge in [0.1, 0.15) is 0 Å². The lowest BCUT2D eigenvalue weighted by molar-refractivity contribution is -0.385. The Bertz CT molecular complexity index is 1410. The molecule has 4 aromatic rings. The minimum absolute atomic E-state index is 0.0325. The molecule has 0 spiro atoms. The van der Waals surface area contributed by atoms with Gasteiger partial charge in [-0.25, -0.2) is 0 Å². The molecule has 0 aromatic heterocycles. The second-order valence-electron chi connectivity index (χ2n) is 9.08. The Morgan fingerprint density at radius 2 is 0.905 bits per heavy atom. The van der Waals surface area contributed by atoms with Gasteiger partial charge in [0.2, 0.25) is 0 Å². The zero-order valence-electron chi connectivity index (χ0n) is 21.0. The largest absolute Gasteiger partial charge is 0.416 e. The lowest BCUT2D eigenvalue weighted by Gasteiger charge is -2.33. The zero-order chi connectivity index (χ0) is 30.9. The summed E-state index contributed by atoms with van der Waals surface area (Å²) in [7, 11) is -4.24. The first-order chi connectivity index (χ1) is 19.5. The summed E-state index contributed by atoms with van der Waals surface area (Å²) in [6, 6.07) is 16.0. The van der Waals surface area contributed by atoms with Gasteiger partial charge >= 0.3 is 18.5 Å². The van der Waals surface area contributed by atoms with Gasteiger partial charge in [-0.2, -0.15) is 39.5 Å². The van der Waals surface area contributed by atoms with Crippen LogP contribution in [0.2, 0.25) is 0 Å². The van der Waals surface area contributed by atoms with Crippen LogP contribution in [0.3, 0.4) is 0 Å². The molecule has 0 saturated carbocycles. The molecule has 42 heavy (non-hydrogen) atoms. The van der Waals surface area contributed by atoms with Crippen molar-refractivity contribution in [2.75, 3.05) is 0 Å². The van der Waals surface area contributed by atoms with Gasteiger partial charge in [-0.1, -0.05) is 84.9 Å². The van der Waals surface area contributed by atoms with Crippen molar-refractivity contribution in [3.8, 4) is 0 Å². The van der Waals surface area contributed by atoms with Gasteiger partial charge in [0, 0.05) is 6.07 Å². The Morgan fingerprint density at radius 1 is 0.571 bits per heavy atom. The minimum atomic E-state index is -4.74. The lowest BCUT2D eigenvalue weighted by Crippen LogP contribution is -2.69. The topological polar surface area (TPSA) is 52.4 Å². The fraction of sp³-hybridized carbons (Fsp3) is 0.143. The van der Waals surface area contributed by atoms with Gasteiger partial charge in [-0.15, -0.1) is 0 Å². The van der Waals surface area contributed by atoms with Crippen molar-refractivity contribution in [3.05, 3.63) is 129 Å². The molecule has 4 nitrogen and oxygen atoms in total. The first kappa shape index (κ1) is 30.8. The maximum absolute atomic E-state index is 13.4. The van der Waals surface area contributed by atoms with E-state index in [1.807, 2.05) is 0 Å². The molecular formula is C28H18F9NO3Si. The van der Waals surface area contributed by atoms with E-state index in [2.05, 4.69) is 0 Å². The molecule has 0 heterocycles. The van der Waals surface area contributed by atoms with Crippen molar-refractivity contribution >= 4 is 29.6 Å². The minimum Gasteiger partial charge on any atom is -0.399 e. The number of hydrogen-bond acceptors (Lipinski definition) is 3. The predicted molar refractivity (Wildman–Crippen MR) is 137 cm³/mol. The van der Waals surface area contributed by atoms with Gasteiger partial charge in [0.15, 0.2) is 0 Å². The number of benzene rings is 4. The molecule has 0 radical (unpaired) electrons. The van der Waals surface area contributed by atoms with Crippen LogP contribution in [0.4, 0.5) is 45.2 Å². The monoisotopic (exact) mass is 615 g/mol. The Kier molecular flexibility index (Phi) is 8.24. The smallest absolute Gasteiger partial charge is 0.399 e. The van der Waals surface area contributed by atoms with Crippen molar-refractivity contribution < 1.29 is 48.9 Å². The molecule has 4 rings (SSSR count). The Labute approximate surface area is 233 Å². The van der Waals surface area contributed by atoms with Crippen molar-refractivity contribution in [1.29, 1.82) is 0 Å². The van der Waals surface area contributed by atoms with Gasteiger partial charge in [-0.3, -0.25) is 10.1 Å². The number of nitro groups is 1. The number of alkyl halides is 9. The third-order valence-corrected chi connectivity index (χ3v) is 10.5. The van der Waals surface area contributed by atoms with Crippen LogP contribution in [0.25, 0.3) is 0 Å². The SMILES string of the molecule is O=[N+]([O-])c1ccccc1CO[Si](c1ccc(C(F)(F)F)cc1)(c1ccc(C(F)(F)F)cc1)c1ccc(C(F)(F)F)cc1. The summed E-state index contributed by atoms with van der Waals surface area (Å²) in [5.74, 6) is 0.